The van der Waals surface area contributed by atoms with Crippen LogP contribution in [0.15, 0.2) is 12.1 Å². The van der Waals surface area contributed by atoms with Gasteiger partial charge < -0.3 is 10.6 Å². The fraction of sp³-hybridized carbons (Fsp3) is 0.455. The average molecular weight is 285 g/mol. The third kappa shape index (κ3) is 3.11. The van der Waals surface area contributed by atoms with Gasteiger partial charge in [-0.25, -0.2) is 4.98 Å². The van der Waals surface area contributed by atoms with E-state index in [1.54, 1.807) is 4.90 Å². The Bertz CT molecular complexity index is 523. The van der Waals surface area contributed by atoms with Gasteiger partial charge in [-0.2, -0.15) is 0 Å². The summed E-state index contributed by atoms with van der Waals surface area (Å²) < 4.78 is 0. The SMILES string of the molecule is NC(=O)C1CCCN(c2cc([N+](=O)[O-])cc(Cl)n2)C1. The predicted octanol–water partition coefficient (Wildman–Crippen LogP) is 1.34. The molecule has 0 radical (unpaired) electrons. The number of anilines is 1. The first kappa shape index (κ1) is 13.5. The quantitative estimate of drug-likeness (QED) is 0.513. The highest BCUT2D eigenvalue weighted by Gasteiger charge is 2.26. The van der Waals surface area contributed by atoms with Crippen LogP contribution in [0.3, 0.4) is 0 Å². The standard InChI is InChI=1S/C11H13ClN4O3/c12-9-4-8(16(18)19)5-10(14-9)15-3-1-2-7(6-15)11(13)17/h4-5,7H,1-3,6H2,(H2,13,17). The zero-order valence-electron chi connectivity index (χ0n) is 10.1. The van der Waals surface area contributed by atoms with Gasteiger partial charge in [-0.1, -0.05) is 11.6 Å². The molecule has 1 unspecified atom stereocenters. The van der Waals surface area contributed by atoms with E-state index < -0.39 is 4.92 Å². The fourth-order valence-corrected chi connectivity index (χ4v) is 2.35. The van der Waals surface area contributed by atoms with Crippen LogP contribution in [0.25, 0.3) is 0 Å². The summed E-state index contributed by atoms with van der Waals surface area (Å²) >= 11 is 5.78. The third-order valence-electron chi connectivity index (χ3n) is 3.12. The van der Waals surface area contributed by atoms with Crippen LogP contribution in [0.1, 0.15) is 12.8 Å². The molecule has 0 bridgehead atoms. The van der Waals surface area contributed by atoms with Gasteiger partial charge >= 0.3 is 0 Å². The van der Waals surface area contributed by atoms with Crippen molar-refractivity contribution < 1.29 is 9.72 Å². The molecule has 0 saturated carbocycles. The van der Waals surface area contributed by atoms with E-state index in [1.807, 2.05) is 0 Å². The molecule has 1 atom stereocenters. The van der Waals surface area contributed by atoms with Gasteiger partial charge in [0, 0.05) is 13.1 Å². The maximum atomic E-state index is 11.2. The molecule has 1 aromatic rings. The molecule has 2 rings (SSSR count). The number of nitrogens with two attached hydrogens (primary N) is 1. The Balaban J connectivity index is 2.26. The van der Waals surface area contributed by atoms with E-state index in [2.05, 4.69) is 4.98 Å². The van der Waals surface area contributed by atoms with E-state index in [9.17, 15) is 14.9 Å². The highest BCUT2D eigenvalue weighted by atomic mass is 35.5. The van der Waals surface area contributed by atoms with Gasteiger partial charge in [-0.05, 0) is 12.8 Å². The van der Waals surface area contributed by atoms with Gasteiger partial charge in [0.25, 0.3) is 5.69 Å². The normalized spacial score (nSPS) is 19.2. The van der Waals surface area contributed by atoms with Crippen LogP contribution >= 0.6 is 11.6 Å². The van der Waals surface area contributed by atoms with Crippen molar-refractivity contribution in [3.8, 4) is 0 Å². The lowest BCUT2D eigenvalue weighted by molar-refractivity contribution is -0.384. The lowest BCUT2D eigenvalue weighted by Gasteiger charge is -2.31. The summed E-state index contributed by atoms with van der Waals surface area (Å²) in [6, 6.07) is 2.55. The van der Waals surface area contributed by atoms with Crippen LogP contribution in [0.5, 0.6) is 0 Å². The summed E-state index contributed by atoms with van der Waals surface area (Å²) in [5.74, 6) is -0.208. The number of rotatable bonds is 3. The molecule has 1 aromatic heterocycles. The van der Waals surface area contributed by atoms with Crippen molar-refractivity contribution in [2.24, 2.45) is 11.7 Å². The van der Waals surface area contributed by atoms with Crippen molar-refractivity contribution in [1.82, 2.24) is 4.98 Å². The van der Waals surface area contributed by atoms with E-state index in [0.717, 1.165) is 12.8 Å². The number of nitrogens with zero attached hydrogens (tertiary/aromatic N) is 3. The topological polar surface area (TPSA) is 102 Å². The monoisotopic (exact) mass is 284 g/mol. The Kier molecular flexibility index (Phi) is 3.84. The molecular formula is C11H13ClN4O3. The number of halogens is 1. The van der Waals surface area contributed by atoms with Crippen molar-refractivity contribution in [3.63, 3.8) is 0 Å². The Morgan fingerprint density at radius 2 is 2.32 bits per heavy atom. The molecule has 2 N–H and O–H groups in total. The third-order valence-corrected chi connectivity index (χ3v) is 3.32. The van der Waals surface area contributed by atoms with Gasteiger partial charge in [0.05, 0.1) is 23.0 Å². The number of piperidine rings is 1. The maximum absolute atomic E-state index is 11.2. The number of carbonyl (C=O) groups is 1. The fourth-order valence-electron chi connectivity index (χ4n) is 2.15. The van der Waals surface area contributed by atoms with Crippen LogP contribution in [0.4, 0.5) is 11.5 Å². The molecule has 2 heterocycles. The number of amides is 1. The summed E-state index contributed by atoms with van der Waals surface area (Å²) in [7, 11) is 0. The molecule has 0 aliphatic carbocycles. The van der Waals surface area contributed by atoms with Gasteiger partial charge in [-0.15, -0.1) is 0 Å². The van der Waals surface area contributed by atoms with E-state index in [4.69, 9.17) is 17.3 Å². The average Bonchev–Trinajstić information content (AvgIpc) is 2.38. The second kappa shape index (κ2) is 5.40. The lowest BCUT2D eigenvalue weighted by atomic mass is 9.97. The first-order valence-electron chi connectivity index (χ1n) is 5.83. The smallest absolute Gasteiger partial charge is 0.276 e. The number of aromatic nitrogens is 1. The van der Waals surface area contributed by atoms with Crippen LogP contribution in [0, 0.1) is 16.0 Å². The van der Waals surface area contributed by atoms with Crippen LogP contribution in [-0.2, 0) is 4.79 Å². The highest BCUT2D eigenvalue weighted by Crippen LogP contribution is 2.26. The zero-order valence-corrected chi connectivity index (χ0v) is 10.8. The molecule has 8 heteroatoms. The van der Waals surface area contributed by atoms with Crippen molar-refractivity contribution in [1.29, 1.82) is 0 Å². The molecule has 0 spiro atoms. The number of hydrogen-bond donors (Lipinski definition) is 1. The molecular weight excluding hydrogens is 272 g/mol. The highest BCUT2D eigenvalue weighted by molar-refractivity contribution is 6.29. The number of pyridine rings is 1. The minimum atomic E-state index is -0.521. The first-order chi connectivity index (χ1) is 8.97. The second-order valence-electron chi connectivity index (χ2n) is 4.45. The zero-order chi connectivity index (χ0) is 14.0. The minimum Gasteiger partial charge on any atom is -0.369 e. The Morgan fingerprint density at radius 3 is 2.95 bits per heavy atom. The molecule has 7 nitrogen and oxygen atoms in total. The maximum Gasteiger partial charge on any atom is 0.276 e. The molecule has 1 saturated heterocycles. The summed E-state index contributed by atoms with van der Waals surface area (Å²) in [6.45, 7) is 1.09. The van der Waals surface area contributed by atoms with Crippen LogP contribution < -0.4 is 10.6 Å². The van der Waals surface area contributed by atoms with Crippen molar-refractivity contribution >= 4 is 29.0 Å². The lowest BCUT2D eigenvalue weighted by Crippen LogP contribution is -2.41. The predicted molar refractivity (Wildman–Crippen MR) is 70.0 cm³/mol. The van der Waals surface area contributed by atoms with Gasteiger partial charge in [0.1, 0.15) is 11.0 Å². The Labute approximate surface area is 114 Å². The number of carbonyl (C=O) groups excluding carboxylic acids is 1. The second-order valence-corrected chi connectivity index (χ2v) is 4.84. The molecule has 1 amide bonds. The summed E-state index contributed by atoms with van der Waals surface area (Å²) in [4.78, 5) is 27.4. The number of nitro groups is 1. The first-order valence-corrected chi connectivity index (χ1v) is 6.21. The summed E-state index contributed by atoms with van der Waals surface area (Å²) in [5.41, 5.74) is 5.18. The molecule has 1 aliphatic heterocycles. The van der Waals surface area contributed by atoms with E-state index >= 15 is 0 Å². The Hall–Kier alpha value is -1.89. The molecule has 19 heavy (non-hydrogen) atoms. The van der Waals surface area contributed by atoms with Crippen LogP contribution in [-0.4, -0.2) is 28.9 Å². The van der Waals surface area contributed by atoms with Gasteiger partial charge in [0.15, 0.2) is 0 Å². The largest absolute Gasteiger partial charge is 0.369 e. The van der Waals surface area contributed by atoms with E-state index in [1.165, 1.54) is 12.1 Å². The van der Waals surface area contributed by atoms with Gasteiger partial charge in [0.2, 0.25) is 5.91 Å². The summed E-state index contributed by atoms with van der Waals surface area (Å²) in [6.07, 6.45) is 1.52. The van der Waals surface area contributed by atoms with Crippen LogP contribution in [0.2, 0.25) is 5.15 Å². The van der Waals surface area contributed by atoms with Gasteiger partial charge in [-0.3, -0.25) is 14.9 Å². The van der Waals surface area contributed by atoms with Crippen molar-refractivity contribution in [2.45, 2.75) is 12.8 Å². The van der Waals surface area contributed by atoms with E-state index in [0.29, 0.717) is 18.9 Å². The molecule has 0 aromatic carbocycles. The minimum absolute atomic E-state index is 0.0606. The Morgan fingerprint density at radius 1 is 1.58 bits per heavy atom. The van der Waals surface area contributed by atoms with E-state index in [-0.39, 0.29) is 22.7 Å². The number of primary amides is 1. The molecule has 102 valence electrons. The number of hydrogen-bond acceptors (Lipinski definition) is 5. The summed E-state index contributed by atoms with van der Waals surface area (Å²) in [5, 5.41) is 10.8. The molecule has 1 aliphatic rings. The van der Waals surface area contributed by atoms with Crippen molar-refractivity contribution in [2.75, 3.05) is 18.0 Å². The molecule has 1 fully saturated rings. The van der Waals surface area contributed by atoms with Crippen molar-refractivity contribution in [3.05, 3.63) is 27.4 Å².